The van der Waals surface area contributed by atoms with E-state index in [0.29, 0.717) is 12.1 Å². The molecular weight excluding hydrogens is 275 g/mol. The fraction of sp³-hybridized carbons (Fsp3) is 0.286. The molecule has 0 saturated carbocycles. The topological polar surface area (TPSA) is 65.3 Å². The average molecular weight is 294 g/mol. The highest BCUT2D eigenvalue weighted by atomic mass is 31.2. The van der Waals surface area contributed by atoms with Crippen LogP contribution in [-0.2, 0) is 17.5 Å². The van der Waals surface area contributed by atoms with Gasteiger partial charge in [-0.3, -0.25) is 9.79 Å². The minimum absolute atomic E-state index is 0.556. The predicted molar refractivity (Wildman–Crippen MR) is 74.8 cm³/mol. The third-order valence-corrected chi connectivity index (χ3v) is 4.20. The van der Waals surface area contributed by atoms with Gasteiger partial charge in [-0.05, 0) is 18.1 Å². The third kappa shape index (κ3) is 3.12. The van der Waals surface area contributed by atoms with E-state index in [1.54, 1.807) is 6.07 Å². The Balaban J connectivity index is 2.45. The Kier molecular flexibility index (Phi) is 4.33. The fourth-order valence-electron chi connectivity index (χ4n) is 2.10. The monoisotopic (exact) mass is 294 g/mol. The van der Waals surface area contributed by atoms with Gasteiger partial charge < -0.3 is 0 Å². The van der Waals surface area contributed by atoms with Crippen molar-refractivity contribution in [2.24, 2.45) is 0 Å². The summed E-state index contributed by atoms with van der Waals surface area (Å²) in [6, 6.07) is 7.55. The van der Waals surface area contributed by atoms with E-state index in [9.17, 15) is 14.4 Å². The highest BCUT2D eigenvalue weighted by Crippen LogP contribution is 2.29. The third-order valence-electron chi connectivity index (χ3n) is 3.24. The first kappa shape index (κ1) is 14.9. The lowest BCUT2D eigenvalue weighted by Gasteiger charge is -2.05. The minimum atomic E-state index is -4.28. The van der Waals surface area contributed by atoms with Crippen molar-refractivity contribution >= 4 is 7.75 Å². The average Bonchev–Trinajstić information content (AvgIpc) is 2.45. The van der Waals surface area contributed by atoms with Crippen LogP contribution in [0.25, 0.3) is 11.1 Å². The van der Waals surface area contributed by atoms with E-state index in [1.807, 2.05) is 37.5 Å². The summed E-state index contributed by atoms with van der Waals surface area (Å²) in [5.41, 5.74) is 2.60. The SMILES string of the molecule is CCc1cc(-c2cc[n+](CC)cc2)cc[n+]1P(=O)(O)O. The van der Waals surface area contributed by atoms with E-state index in [0.717, 1.165) is 22.0 Å². The number of nitrogens with zero attached hydrogens (tertiary/aromatic N) is 2. The zero-order valence-corrected chi connectivity index (χ0v) is 12.5. The second-order valence-corrected chi connectivity index (χ2v) is 5.99. The van der Waals surface area contributed by atoms with Gasteiger partial charge in [0.25, 0.3) is 0 Å². The summed E-state index contributed by atoms with van der Waals surface area (Å²) >= 11 is 0. The molecule has 6 heteroatoms. The summed E-state index contributed by atoms with van der Waals surface area (Å²) in [6.45, 7) is 4.86. The number of hydrogen-bond donors (Lipinski definition) is 2. The molecule has 2 N–H and O–H groups in total. The zero-order valence-electron chi connectivity index (χ0n) is 11.6. The molecule has 20 heavy (non-hydrogen) atoms. The van der Waals surface area contributed by atoms with Crippen LogP contribution in [0, 0.1) is 0 Å². The molecule has 2 aromatic heterocycles. The van der Waals surface area contributed by atoms with Crippen LogP contribution in [0.5, 0.6) is 0 Å². The molecule has 0 unspecified atom stereocenters. The Hall–Kier alpha value is -1.55. The molecule has 2 heterocycles. The summed E-state index contributed by atoms with van der Waals surface area (Å²) in [5.74, 6) is 0. The molecule has 0 aliphatic carbocycles. The highest BCUT2D eigenvalue weighted by Gasteiger charge is 2.30. The molecule has 0 aliphatic rings. The maximum atomic E-state index is 11.4. The first-order valence-corrected chi connectivity index (χ1v) is 8.12. The van der Waals surface area contributed by atoms with Crippen LogP contribution in [0.15, 0.2) is 42.9 Å². The van der Waals surface area contributed by atoms with Gasteiger partial charge in [-0.2, -0.15) is 4.57 Å². The number of rotatable bonds is 4. The van der Waals surface area contributed by atoms with E-state index in [-0.39, 0.29) is 0 Å². The quantitative estimate of drug-likeness (QED) is 0.662. The van der Waals surface area contributed by atoms with Crippen LogP contribution in [0.1, 0.15) is 19.5 Å². The molecule has 0 atom stereocenters. The molecule has 0 aromatic carbocycles. The molecular formula is C14H19N2O3P+2. The number of pyridine rings is 2. The Labute approximate surface area is 118 Å². The van der Waals surface area contributed by atoms with E-state index in [1.165, 1.54) is 6.20 Å². The van der Waals surface area contributed by atoms with Crippen LogP contribution in [-0.4, -0.2) is 9.79 Å². The molecule has 0 saturated heterocycles. The normalized spacial score (nSPS) is 11.6. The lowest BCUT2D eigenvalue weighted by Crippen LogP contribution is -2.34. The van der Waals surface area contributed by atoms with Crippen molar-refractivity contribution in [3.63, 3.8) is 0 Å². The lowest BCUT2D eigenvalue weighted by molar-refractivity contribution is -0.693. The van der Waals surface area contributed by atoms with Crippen LogP contribution < -0.4 is 8.90 Å². The molecule has 2 rings (SSSR count). The van der Waals surface area contributed by atoms with Crippen molar-refractivity contribution in [3.05, 3.63) is 48.5 Å². The van der Waals surface area contributed by atoms with Crippen molar-refractivity contribution in [2.45, 2.75) is 26.8 Å². The number of aromatic nitrogens is 2. The maximum Gasteiger partial charge on any atom is 0.607 e. The van der Waals surface area contributed by atoms with Gasteiger partial charge in [-0.15, -0.1) is 4.34 Å². The van der Waals surface area contributed by atoms with Gasteiger partial charge >= 0.3 is 7.75 Å². The van der Waals surface area contributed by atoms with E-state index < -0.39 is 7.75 Å². The fourth-order valence-corrected chi connectivity index (χ4v) is 2.87. The standard InChI is InChI=1S/C14H17N2O3P/c1-3-14-11-13(7-10-16(14)20(17,18)19)12-5-8-15(4-2)9-6-12/h5-11H,3-4H2,1-2H3/p+2. The molecule has 0 amide bonds. The Bertz CT molecular complexity index is 650. The number of aryl methyl sites for hydroxylation is 2. The van der Waals surface area contributed by atoms with Crippen LogP contribution in [0.3, 0.4) is 0 Å². The van der Waals surface area contributed by atoms with Gasteiger partial charge in [-0.25, -0.2) is 4.57 Å². The molecule has 5 nitrogen and oxygen atoms in total. The van der Waals surface area contributed by atoms with Crippen LogP contribution in [0.4, 0.5) is 0 Å². The van der Waals surface area contributed by atoms with Gasteiger partial charge in [-0.1, -0.05) is 6.92 Å². The van der Waals surface area contributed by atoms with E-state index in [4.69, 9.17) is 0 Å². The highest BCUT2D eigenvalue weighted by molar-refractivity contribution is 7.44. The van der Waals surface area contributed by atoms with Crippen molar-refractivity contribution in [3.8, 4) is 11.1 Å². The van der Waals surface area contributed by atoms with Crippen molar-refractivity contribution < 1.29 is 23.3 Å². The first-order chi connectivity index (χ1) is 9.45. The maximum absolute atomic E-state index is 11.4. The molecule has 0 bridgehead atoms. The van der Waals surface area contributed by atoms with E-state index in [2.05, 4.69) is 11.5 Å². The Morgan fingerprint density at radius 3 is 2.15 bits per heavy atom. The van der Waals surface area contributed by atoms with Gasteiger partial charge in [0.05, 0.1) is 0 Å². The number of hydrogen-bond acceptors (Lipinski definition) is 1. The van der Waals surface area contributed by atoms with E-state index >= 15 is 0 Å². The van der Waals surface area contributed by atoms with Gasteiger partial charge in [0, 0.05) is 30.7 Å². The predicted octanol–water partition coefficient (Wildman–Crippen LogP) is 1.45. The summed E-state index contributed by atoms with van der Waals surface area (Å²) in [5, 5.41) is 0. The summed E-state index contributed by atoms with van der Waals surface area (Å²) in [4.78, 5) is 18.6. The molecule has 0 fully saturated rings. The van der Waals surface area contributed by atoms with Crippen LogP contribution >= 0.6 is 7.75 Å². The molecule has 0 spiro atoms. The molecule has 2 aromatic rings. The van der Waals surface area contributed by atoms with Crippen molar-refractivity contribution in [2.75, 3.05) is 0 Å². The van der Waals surface area contributed by atoms with Gasteiger partial charge in [0.2, 0.25) is 0 Å². The molecule has 0 aliphatic heterocycles. The summed E-state index contributed by atoms with van der Waals surface area (Å²) < 4.78 is 14.5. The molecule has 106 valence electrons. The van der Waals surface area contributed by atoms with Crippen molar-refractivity contribution in [1.29, 1.82) is 0 Å². The van der Waals surface area contributed by atoms with Crippen molar-refractivity contribution in [1.82, 2.24) is 0 Å². The van der Waals surface area contributed by atoms with Gasteiger partial charge in [0.15, 0.2) is 24.3 Å². The molecule has 0 radical (unpaired) electrons. The summed E-state index contributed by atoms with van der Waals surface area (Å²) in [7, 11) is -4.28. The largest absolute Gasteiger partial charge is 0.607 e. The van der Waals surface area contributed by atoms with Gasteiger partial charge in [0.1, 0.15) is 6.54 Å². The zero-order chi connectivity index (χ0) is 14.8. The Morgan fingerprint density at radius 1 is 1.05 bits per heavy atom. The second-order valence-electron chi connectivity index (χ2n) is 4.54. The summed E-state index contributed by atoms with van der Waals surface area (Å²) in [6.07, 6.45) is 5.99. The second kappa shape index (κ2) is 5.83. The first-order valence-electron chi connectivity index (χ1n) is 6.56. The van der Waals surface area contributed by atoms with Crippen LogP contribution in [0.2, 0.25) is 0 Å². The smallest absolute Gasteiger partial charge is 0.271 e. The minimum Gasteiger partial charge on any atom is -0.271 e. The Morgan fingerprint density at radius 2 is 1.65 bits per heavy atom. The lowest BCUT2D eigenvalue weighted by atomic mass is 10.1.